The van der Waals surface area contributed by atoms with Crippen molar-refractivity contribution in [3.63, 3.8) is 0 Å². The number of hydrogen-bond acceptors (Lipinski definition) is 3. The highest BCUT2D eigenvalue weighted by molar-refractivity contribution is 5.84. The molecule has 118 valence electrons. The van der Waals surface area contributed by atoms with Gasteiger partial charge in [0.2, 0.25) is 5.91 Å². The molecule has 3 rings (SSSR count). The van der Waals surface area contributed by atoms with E-state index in [1.807, 2.05) is 12.1 Å². The average Bonchev–Trinajstić information content (AvgIpc) is 3.02. The molecule has 1 aromatic carbocycles. The Morgan fingerprint density at radius 1 is 1.27 bits per heavy atom. The highest BCUT2D eigenvalue weighted by Gasteiger charge is 2.31. The van der Waals surface area contributed by atoms with E-state index >= 15 is 0 Å². The summed E-state index contributed by atoms with van der Waals surface area (Å²) >= 11 is 0. The minimum Gasteiger partial charge on any atom is -0.453 e. The van der Waals surface area contributed by atoms with Gasteiger partial charge in [-0.05, 0) is 36.8 Å². The van der Waals surface area contributed by atoms with Gasteiger partial charge in [-0.25, -0.2) is 4.79 Å². The van der Waals surface area contributed by atoms with Crippen LogP contribution in [0.3, 0.4) is 0 Å². The molecule has 1 fully saturated rings. The summed E-state index contributed by atoms with van der Waals surface area (Å²) in [6, 6.07) is 8.24. The summed E-state index contributed by atoms with van der Waals surface area (Å²) in [5, 5.41) is 3.11. The van der Waals surface area contributed by atoms with Gasteiger partial charge < -0.3 is 15.0 Å². The fourth-order valence-corrected chi connectivity index (χ4v) is 3.50. The van der Waals surface area contributed by atoms with Crippen LogP contribution in [-0.4, -0.2) is 43.1 Å². The fraction of sp³-hybridized carbons (Fsp3) is 0.529. The topological polar surface area (TPSA) is 58.6 Å². The maximum atomic E-state index is 12.6. The van der Waals surface area contributed by atoms with Gasteiger partial charge in [0.25, 0.3) is 0 Å². The molecule has 2 aliphatic rings. The first-order chi connectivity index (χ1) is 10.7. The van der Waals surface area contributed by atoms with Crippen molar-refractivity contribution in [2.45, 2.75) is 37.6 Å². The lowest BCUT2D eigenvalue weighted by Gasteiger charge is -2.26. The zero-order chi connectivity index (χ0) is 15.5. The third-order valence-corrected chi connectivity index (χ3v) is 4.65. The van der Waals surface area contributed by atoms with E-state index in [-0.39, 0.29) is 24.0 Å². The number of amides is 2. The summed E-state index contributed by atoms with van der Waals surface area (Å²) in [5.74, 6) is 0.0287. The van der Waals surface area contributed by atoms with Crippen molar-refractivity contribution in [2.75, 3.05) is 20.2 Å². The first kappa shape index (κ1) is 14.9. The molecule has 5 heteroatoms. The number of hydrogen-bond donors (Lipinski definition) is 1. The van der Waals surface area contributed by atoms with Crippen LogP contribution >= 0.6 is 0 Å². The lowest BCUT2D eigenvalue weighted by atomic mass is 9.82. The molecular weight excluding hydrogens is 280 g/mol. The summed E-state index contributed by atoms with van der Waals surface area (Å²) in [5.41, 5.74) is 2.45. The molecule has 1 heterocycles. The highest BCUT2D eigenvalue weighted by Crippen LogP contribution is 2.31. The normalized spacial score (nSPS) is 23.8. The van der Waals surface area contributed by atoms with Crippen molar-refractivity contribution in [2.24, 2.45) is 0 Å². The monoisotopic (exact) mass is 302 g/mol. The molecule has 0 bridgehead atoms. The van der Waals surface area contributed by atoms with Crippen LogP contribution in [-0.2, 0) is 16.0 Å². The maximum absolute atomic E-state index is 12.6. The third-order valence-electron chi connectivity index (χ3n) is 4.65. The van der Waals surface area contributed by atoms with E-state index in [0.717, 1.165) is 31.2 Å². The molecule has 1 saturated heterocycles. The quantitative estimate of drug-likeness (QED) is 0.910. The second-order valence-electron chi connectivity index (χ2n) is 6.05. The van der Waals surface area contributed by atoms with Crippen LogP contribution in [0.15, 0.2) is 24.3 Å². The van der Waals surface area contributed by atoms with Crippen molar-refractivity contribution in [3.8, 4) is 0 Å². The molecule has 22 heavy (non-hydrogen) atoms. The number of carbonyl (C=O) groups is 2. The number of ether oxygens (including phenoxy) is 1. The second-order valence-corrected chi connectivity index (χ2v) is 6.05. The number of nitrogens with zero attached hydrogens (tertiary/aromatic N) is 1. The molecule has 0 unspecified atom stereocenters. The zero-order valence-electron chi connectivity index (χ0n) is 12.9. The van der Waals surface area contributed by atoms with Gasteiger partial charge in [0.1, 0.15) is 0 Å². The Bertz CT molecular complexity index is 573. The first-order valence-corrected chi connectivity index (χ1v) is 7.90. The predicted molar refractivity (Wildman–Crippen MR) is 82.6 cm³/mol. The number of fused-ring (bicyclic) bond motifs is 1. The molecule has 0 radical (unpaired) electrons. The Morgan fingerprint density at radius 2 is 2.09 bits per heavy atom. The SMILES string of the molecule is COC(=O)N1CC[C@@H](NC(=O)[C@@H]2CCCc3ccccc32)C1. The number of aryl methyl sites for hydroxylation is 1. The van der Waals surface area contributed by atoms with Gasteiger partial charge in [0.05, 0.1) is 13.0 Å². The minimum atomic E-state index is -0.320. The molecular formula is C17H22N2O3. The maximum Gasteiger partial charge on any atom is 0.409 e. The van der Waals surface area contributed by atoms with E-state index in [2.05, 4.69) is 17.4 Å². The third kappa shape index (κ3) is 2.93. The van der Waals surface area contributed by atoms with E-state index in [1.165, 1.54) is 12.7 Å². The van der Waals surface area contributed by atoms with Crippen molar-refractivity contribution in [1.29, 1.82) is 0 Å². The Balaban J connectivity index is 1.63. The molecule has 5 nitrogen and oxygen atoms in total. The van der Waals surface area contributed by atoms with Gasteiger partial charge >= 0.3 is 6.09 Å². The average molecular weight is 302 g/mol. The number of rotatable bonds is 2. The zero-order valence-corrected chi connectivity index (χ0v) is 12.9. The van der Waals surface area contributed by atoms with Gasteiger partial charge in [0, 0.05) is 19.1 Å². The van der Waals surface area contributed by atoms with Crippen molar-refractivity contribution < 1.29 is 14.3 Å². The largest absolute Gasteiger partial charge is 0.453 e. The Labute approximate surface area is 130 Å². The van der Waals surface area contributed by atoms with E-state index in [1.54, 1.807) is 4.90 Å². The Hall–Kier alpha value is -2.04. The van der Waals surface area contributed by atoms with Gasteiger partial charge in [0.15, 0.2) is 0 Å². The lowest BCUT2D eigenvalue weighted by molar-refractivity contribution is -0.123. The predicted octanol–water partition coefficient (Wildman–Crippen LogP) is 2.06. The fourth-order valence-electron chi connectivity index (χ4n) is 3.50. The van der Waals surface area contributed by atoms with Crippen LogP contribution in [0.2, 0.25) is 0 Å². The lowest BCUT2D eigenvalue weighted by Crippen LogP contribution is -2.41. The number of methoxy groups -OCH3 is 1. The summed E-state index contributed by atoms with van der Waals surface area (Å²) in [7, 11) is 1.38. The van der Waals surface area contributed by atoms with Crippen LogP contribution in [0.4, 0.5) is 4.79 Å². The van der Waals surface area contributed by atoms with Crippen LogP contribution in [0, 0.1) is 0 Å². The molecule has 2 amide bonds. The Morgan fingerprint density at radius 3 is 2.91 bits per heavy atom. The summed E-state index contributed by atoms with van der Waals surface area (Å²) in [4.78, 5) is 25.8. The minimum absolute atomic E-state index is 0.0284. The van der Waals surface area contributed by atoms with Crippen LogP contribution in [0.1, 0.15) is 36.3 Å². The van der Waals surface area contributed by atoms with E-state index in [0.29, 0.717) is 13.1 Å². The molecule has 2 atom stereocenters. The number of carbonyl (C=O) groups excluding carboxylic acids is 2. The standard InChI is InChI=1S/C17H22N2O3/c1-22-17(21)19-10-9-13(11-19)18-16(20)15-8-4-6-12-5-2-3-7-14(12)15/h2-3,5,7,13,15H,4,6,8-11H2,1H3,(H,18,20)/t13-,15-/m1/s1. The van der Waals surface area contributed by atoms with Gasteiger partial charge in [-0.2, -0.15) is 0 Å². The first-order valence-electron chi connectivity index (χ1n) is 7.90. The van der Waals surface area contributed by atoms with Crippen LogP contribution in [0.5, 0.6) is 0 Å². The molecule has 0 saturated carbocycles. The number of nitrogens with one attached hydrogen (secondary N) is 1. The molecule has 1 aromatic rings. The van der Waals surface area contributed by atoms with Crippen LogP contribution < -0.4 is 5.32 Å². The van der Waals surface area contributed by atoms with Gasteiger partial charge in [-0.1, -0.05) is 24.3 Å². The summed E-state index contributed by atoms with van der Waals surface area (Å²) < 4.78 is 4.72. The smallest absolute Gasteiger partial charge is 0.409 e. The van der Waals surface area contributed by atoms with Crippen molar-refractivity contribution in [1.82, 2.24) is 10.2 Å². The van der Waals surface area contributed by atoms with E-state index in [4.69, 9.17) is 4.74 Å². The van der Waals surface area contributed by atoms with Gasteiger partial charge in [-0.3, -0.25) is 4.79 Å². The summed E-state index contributed by atoms with van der Waals surface area (Å²) in [6.07, 6.45) is 3.47. The molecule has 0 aromatic heterocycles. The molecule has 1 N–H and O–H groups in total. The van der Waals surface area contributed by atoms with Crippen molar-refractivity contribution >= 4 is 12.0 Å². The molecule has 0 spiro atoms. The summed E-state index contributed by atoms with van der Waals surface area (Å²) in [6.45, 7) is 1.17. The second kappa shape index (κ2) is 6.38. The highest BCUT2D eigenvalue weighted by atomic mass is 16.5. The van der Waals surface area contributed by atoms with Gasteiger partial charge in [-0.15, -0.1) is 0 Å². The Kier molecular flexibility index (Phi) is 4.32. The number of likely N-dealkylation sites (tertiary alicyclic amines) is 1. The molecule has 1 aliphatic carbocycles. The van der Waals surface area contributed by atoms with E-state index in [9.17, 15) is 9.59 Å². The number of benzene rings is 1. The van der Waals surface area contributed by atoms with Crippen molar-refractivity contribution in [3.05, 3.63) is 35.4 Å². The molecule has 1 aliphatic heterocycles. The van der Waals surface area contributed by atoms with Crippen LogP contribution in [0.25, 0.3) is 0 Å². The van der Waals surface area contributed by atoms with E-state index < -0.39 is 0 Å².